The van der Waals surface area contributed by atoms with Crippen molar-refractivity contribution >= 4 is 30.7 Å². The Bertz CT molecular complexity index is 663. The van der Waals surface area contributed by atoms with Crippen molar-refractivity contribution in [1.29, 1.82) is 0 Å². The predicted molar refractivity (Wildman–Crippen MR) is 88.8 cm³/mol. The quantitative estimate of drug-likeness (QED) is 0.858. The average molecular weight is 362 g/mol. The third-order valence-corrected chi connectivity index (χ3v) is 3.02. The molecule has 0 aliphatic carbocycles. The summed E-state index contributed by atoms with van der Waals surface area (Å²) in [6.07, 6.45) is 1.24. The van der Waals surface area contributed by atoms with Crippen LogP contribution < -0.4 is 20.5 Å². The summed E-state index contributed by atoms with van der Waals surface area (Å²) in [5, 5.41) is 2.66. The third kappa shape index (κ3) is 4.07. The van der Waals surface area contributed by atoms with Crippen molar-refractivity contribution in [3.63, 3.8) is 0 Å². The molecule has 1 aliphatic rings. The number of halogens is 2. The topological polar surface area (TPSA) is 99.6 Å². The molecule has 0 bridgehead atoms. The summed E-state index contributed by atoms with van der Waals surface area (Å²) in [6, 6.07) is 5.36. The van der Waals surface area contributed by atoms with Gasteiger partial charge >= 0.3 is 0 Å². The van der Waals surface area contributed by atoms with Crippen LogP contribution in [0.15, 0.2) is 29.0 Å². The van der Waals surface area contributed by atoms with Gasteiger partial charge in [-0.1, -0.05) is 0 Å². The summed E-state index contributed by atoms with van der Waals surface area (Å²) in [5.41, 5.74) is 6.29. The first-order valence-electron chi connectivity index (χ1n) is 6.61. The summed E-state index contributed by atoms with van der Waals surface area (Å²) >= 11 is 0. The highest BCUT2D eigenvalue weighted by Gasteiger charge is 2.20. The fourth-order valence-electron chi connectivity index (χ4n) is 2.07. The van der Waals surface area contributed by atoms with Crippen LogP contribution in [-0.4, -0.2) is 37.2 Å². The normalized spacial score (nSPS) is 11.9. The van der Waals surface area contributed by atoms with Gasteiger partial charge in [0.25, 0.3) is 5.91 Å². The van der Waals surface area contributed by atoms with Crippen LogP contribution in [0.5, 0.6) is 11.5 Å². The number of ether oxygens (including phenoxy) is 2. The van der Waals surface area contributed by atoms with Crippen LogP contribution >= 0.6 is 24.8 Å². The van der Waals surface area contributed by atoms with E-state index in [9.17, 15) is 4.79 Å². The Balaban J connectivity index is 0.00000132. The Morgan fingerprint density at radius 1 is 1.22 bits per heavy atom. The third-order valence-electron chi connectivity index (χ3n) is 3.02. The standard InChI is InChI=1S/C14H15N3O4.2ClH/c15-3-4-16-14(18)12-13(21-8-17-12)9-1-2-10-11(7-9)20-6-5-19-10;;/h1-2,7-8H,3-6,15H2,(H,16,18);2*1H. The monoisotopic (exact) mass is 361 g/mol. The molecular formula is C14H17Cl2N3O4. The van der Waals surface area contributed by atoms with Gasteiger partial charge < -0.3 is 24.9 Å². The van der Waals surface area contributed by atoms with E-state index in [1.165, 1.54) is 6.39 Å². The van der Waals surface area contributed by atoms with E-state index in [1.54, 1.807) is 18.2 Å². The van der Waals surface area contributed by atoms with E-state index < -0.39 is 0 Å². The zero-order valence-electron chi connectivity index (χ0n) is 12.1. The van der Waals surface area contributed by atoms with Crippen molar-refractivity contribution in [3.8, 4) is 22.8 Å². The second kappa shape index (κ2) is 8.61. The van der Waals surface area contributed by atoms with E-state index in [0.717, 1.165) is 0 Å². The molecular weight excluding hydrogens is 345 g/mol. The molecule has 0 atom stereocenters. The number of aromatic nitrogens is 1. The SMILES string of the molecule is Cl.Cl.NCCNC(=O)c1ncoc1-c1ccc2c(c1)OCCO2. The molecule has 126 valence electrons. The van der Waals surface area contributed by atoms with Crippen molar-refractivity contribution < 1.29 is 18.7 Å². The Hall–Kier alpha value is -1.96. The molecule has 3 rings (SSSR count). The van der Waals surface area contributed by atoms with Crippen LogP contribution in [0.1, 0.15) is 10.5 Å². The molecule has 0 fully saturated rings. The highest BCUT2D eigenvalue weighted by atomic mass is 35.5. The van der Waals surface area contributed by atoms with Gasteiger partial charge in [0.15, 0.2) is 29.3 Å². The second-order valence-corrected chi connectivity index (χ2v) is 4.43. The van der Waals surface area contributed by atoms with Crippen molar-refractivity contribution in [2.45, 2.75) is 0 Å². The Morgan fingerprint density at radius 2 is 1.96 bits per heavy atom. The Labute approximate surface area is 145 Å². The molecule has 2 aromatic rings. The molecule has 3 N–H and O–H groups in total. The lowest BCUT2D eigenvalue weighted by Gasteiger charge is -2.18. The maximum Gasteiger partial charge on any atom is 0.273 e. The molecule has 1 aromatic heterocycles. The minimum absolute atomic E-state index is 0. The van der Waals surface area contributed by atoms with Gasteiger partial charge in [-0.3, -0.25) is 4.79 Å². The molecule has 0 saturated heterocycles. The number of rotatable bonds is 4. The molecule has 0 unspecified atom stereocenters. The van der Waals surface area contributed by atoms with Gasteiger partial charge in [0.2, 0.25) is 0 Å². The summed E-state index contributed by atoms with van der Waals surface area (Å²) in [6.45, 7) is 1.77. The van der Waals surface area contributed by atoms with Crippen molar-refractivity contribution in [1.82, 2.24) is 10.3 Å². The first-order valence-corrected chi connectivity index (χ1v) is 6.61. The van der Waals surface area contributed by atoms with Gasteiger partial charge in [-0.25, -0.2) is 4.98 Å². The van der Waals surface area contributed by atoms with Gasteiger partial charge in [0, 0.05) is 18.7 Å². The molecule has 1 aromatic carbocycles. The molecule has 7 nitrogen and oxygen atoms in total. The first-order chi connectivity index (χ1) is 10.3. The van der Waals surface area contributed by atoms with Crippen LogP contribution in [0.4, 0.5) is 0 Å². The average Bonchev–Trinajstić information content (AvgIpc) is 3.01. The van der Waals surface area contributed by atoms with E-state index >= 15 is 0 Å². The molecule has 0 spiro atoms. The van der Waals surface area contributed by atoms with Crippen LogP contribution in [0.25, 0.3) is 11.3 Å². The first kappa shape index (κ1) is 19.1. The van der Waals surface area contributed by atoms with E-state index in [0.29, 0.717) is 49.1 Å². The van der Waals surface area contributed by atoms with E-state index in [2.05, 4.69) is 10.3 Å². The molecule has 1 aliphatic heterocycles. The zero-order chi connectivity index (χ0) is 14.7. The summed E-state index contributed by atoms with van der Waals surface area (Å²) in [5.74, 6) is 1.38. The fourth-order valence-corrected chi connectivity index (χ4v) is 2.07. The van der Waals surface area contributed by atoms with E-state index in [4.69, 9.17) is 19.6 Å². The number of carbonyl (C=O) groups excluding carboxylic acids is 1. The van der Waals surface area contributed by atoms with E-state index in [1.807, 2.05) is 0 Å². The molecule has 23 heavy (non-hydrogen) atoms. The van der Waals surface area contributed by atoms with Crippen molar-refractivity contribution in [2.75, 3.05) is 26.3 Å². The lowest BCUT2D eigenvalue weighted by Crippen LogP contribution is -2.29. The smallest absolute Gasteiger partial charge is 0.273 e. The van der Waals surface area contributed by atoms with Crippen molar-refractivity contribution in [2.24, 2.45) is 5.73 Å². The number of nitrogens with zero attached hydrogens (tertiary/aromatic N) is 1. The molecule has 1 amide bonds. The van der Waals surface area contributed by atoms with Gasteiger partial charge in [-0.2, -0.15) is 0 Å². The van der Waals surface area contributed by atoms with Gasteiger partial charge in [0.1, 0.15) is 13.2 Å². The molecule has 0 radical (unpaired) electrons. The summed E-state index contributed by atoms with van der Waals surface area (Å²) in [7, 11) is 0. The number of carbonyl (C=O) groups is 1. The maximum absolute atomic E-state index is 12.0. The van der Waals surface area contributed by atoms with Gasteiger partial charge in [-0.15, -0.1) is 24.8 Å². The lowest BCUT2D eigenvalue weighted by atomic mass is 10.1. The summed E-state index contributed by atoms with van der Waals surface area (Å²) < 4.78 is 16.3. The number of amides is 1. The summed E-state index contributed by atoms with van der Waals surface area (Å²) in [4.78, 5) is 16.0. The number of oxazole rings is 1. The Kier molecular flexibility index (Phi) is 7.15. The molecule has 2 heterocycles. The van der Waals surface area contributed by atoms with Crippen LogP contribution in [0.2, 0.25) is 0 Å². The van der Waals surface area contributed by atoms with Crippen LogP contribution in [-0.2, 0) is 0 Å². The van der Waals surface area contributed by atoms with Crippen molar-refractivity contribution in [3.05, 3.63) is 30.3 Å². The minimum atomic E-state index is -0.320. The fraction of sp³-hybridized carbons (Fsp3) is 0.286. The maximum atomic E-state index is 12.0. The minimum Gasteiger partial charge on any atom is -0.486 e. The van der Waals surface area contributed by atoms with Gasteiger partial charge in [0.05, 0.1) is 0 Å². The number of hydrogen-bond acceptors (Lipinski definition) is 6. The van der Waals surface area contributed by atoms with Crippen LogP contribution in [0, 0.1) is 0 Å². The number of fused-ring (bicyclic) bond motifs is 1. The van der Waals surface area contributed by atoms with E-state index in [-0.39, 0.29) is 36.4 Å². The Morgan fingerprint density at radius 3 is 2.70 bits per heavy atom. The highest BCUT2D eigenvalue weighted by Crippen LogP contribution is 2.35. The highest BCUT2D eigenvalue weighted by molar-refractivity contribution is 5.97. The number of nitrogens with one attached hydrogen (secondary N) is 1. The predicted octanol–water partition coefficient (Wildman–Crippen LogP) is 1.64. The molecule has 0 saturated carbocycles. The molecule has 9 heteroatoms. The second-order valence-electron chi connectivity index (χ2n) is 4.43. The number of hydrogen-bond donors (Lipinski definition) is 2. The van der Waals surface area contributed by atoms with Crippen LogP contribution in [0.3, 0.4) is 0 Å². The zero-order valence-corrected chi connectivity index (χ0v) is 13.7. The largest absolute Gasteiger partial charge is 0.486 e. The number of nitrogens with two attached hydrogens (primary N) is 1. The van der Waals surface area contributed by atoms with Gasteiger partial charge in [-0.05, 0) is 18.2 Å². The number of benzene rings is 1. The lowest BCUT2D eigenvalue weighted by molar-refractivity contribution is 0.0950.